The number of benzene rings is 2. The zero-order chi connectivity index (χ0) is 23.2. The van der Waals surface area contributed by atoms with Crippen molar-refractivity contribution in [2.45, 2.75) is 33.0 Å². The Hall–Kier alpha value is -2.91. The number of hydrogen-bond acceptors (Lipinski definition) is 4. The van der Waals surface area contributed by atoms with Crippen molar-refractivity contribution >= 4 is 39.4 Å². The number of halogens is 3. The van der Waals surface area contributed by atoms with Crippen LogP contribution < -0.4 is 5.32 Å². The van der Waals surface area contributed by atoms with Gasteiger partial charge in [0.15, 0.2) is 5.65 Å². The first-order chi connectivity index (χ1) is 15.1. The molecular weight excluding hydrogens is 439 g/mol. The molecule has 168 valence electrons. The van der Waals surface area contributed by atoms with Crippen LogP contribution >= 0.6 is 11.5 Å². The fourth-order valence-corrected chi connectivity index (χ4v) is 4.43. The van der Waals surface area contributed by atoms with E-state index in [1.165, 1.54) is 23.7 Å². The number of carbonyl (C=O) groups is 1. The van der Waals surface area contributed by atoms with Crippen molar-refractivity contribution in [3.63, 3.8) is 0 Å². The minimum absolute atomic E-state index is 0.0726. The van der Waals surface area contributed by atoms with Gasteiger partial charge in [0.25, 0.3) is 5.91 Å². The molecule has 2 N–H and O–H groups in total. The van der Waals surface area contributed by atoms with Crippen molar-refractivity contribution < 1.29 is 23.1 Å². The van der Waals surface area contributed by atoms with Crippen LogP contribution in [0.4, 0.5) is 13.2 Å². The smallest absolute Gasteiger partial charge is 0.394 e. The fourth-order valence-electron chi connectivity index (χ4n) is 3.75. The third-order valence-corrected chi connectivity index (χ3v) is 6.34. The molecule has 4 rings (SSSR count). The maximum atomic E-state index is 13.0. The molecule has 0 aliphatic carbocycles. The van der Waals surface area contributed by atoms with Crippen LogP contribution in [0.25, 0.3) is 27.6 Å². The predicted molar refractivity (Wildman–Crippen MR) is 119 cm³/mol. The summed E-state index contributed by atoms with van der Waals surface area (Å²) in [6.07, 6.45) is -4.41. The highest BCUT2D eigenvalue weighted by molar-refractivity contribution is 7.07. The minimum atomic E-state index is -4.41. The second-order valence-corrected chi connectivity index (χ2v) is 9.03. The molecule has 32 heavy (non-hydrogen) atoms. The van der Waals surface area contributed by atoms with E-state index < -0.39 is 11.7 Å². The van der Waals surface area contributed by atoms with Crippen LogP contribution in [0.15, 0.2) is 42.5 Å². The summed E-state index contributed by atoms with van der Waals surface area (Å²) in [4.78, 5) is 13.7. The highest BCUT2D eigenvalue weighted by Crippen LogP contribution is 2.37. The first-order valence-corrected chi connectivity index (χ1v) is 10.9. The van der Waals surface area contributed by atoms with Crippen LogP contribution in [0.1, 0.15) is 34.6 Å². The Morgan fingerprint density at radius 1 is 1.19 bits per heavy atom. The normalized spacial score (nSPS) is 13.2. The van der Waals surface area contributed by atoms with E-state index in [1.54, 1.807) is 22.8 Å². The molecule has 0 spiro atoms. The van der Waals surface area contributed by atoms with Crippen LogP contribution in [0.3, 0.4) is 0 Å². The number of nitrogens with zero attached hydrogens (tertiary/aromatic N) is 2. The van der Waals surface area contributed by atoms with Gasteiger partial charge >= 0.3 is 6.18 Å². The number of aryl methyl sites for hydroxylation is 1. The van der Waals surface area contributed by atoms with Crippen molar-refractivity contribution in [2.75, 3.05) is 6.61 Å². The lowest BCUT2D eigenvalue weighted by atomic mass is 10.0. The van der Waals surface area contributed by atoms with E-state index >= 15 is 0 Å². The van der Waals surface area contributed by atoms with E-state index in [0.717, 1.165) is 33.3 Å². The number of hydrogen-bond donors (Lipinski definition) is 2. The zero-order valence-electron chi connectivity index (χ0n) is 17.7. The molecule has 4 aromatic rings. The fraction of sp³-hybridized carbons (Fsp3) is 0.304. The van der Waals surface area contributed by atoms with Crippen molar-refractivity contribution in [3.8, 4) is 5.69 Å². The molecule has 5 nitrogen and oxygen atoms in total. The standard InChI is InChI=1S/C23H22F3N3O2S/c1-12(2)18(11-30)27-22(31)14-4-9-19-17(10-14)20-13(3)32-28-21(20)29(19)16-7-5-15(6-8-16)23(24,25)26/h4-10,12,18,30H,11H2,1-3H3,(H,27,31)/t18-/m1/s1. The van der Waals surface area contributed by atoms with Crippen LogP contribution in [-0.2, 0) is 6.18 Å². The Kier molecular flexibility index (Phi) is 5.72. The first kappa shape index (κ1) is 22.3. The zero-order valence-corrected chi connectivity index (χ0v) is 18.5. The number of carbonyl (C=O) groups excluding carboxylic acids is 1. The number of aliphatic hydroxyl groups is 1. The molecule has 0 fully saturated rings. The number of nitrogens with one attached hydrogen (secondary N) is 1. The van der Waals surface area contributed by atoms with Gasteiger partial charge in [-0.3, -0.25) is 9.36 Å². The van der Waals surface area contributed by atoms with E-state index in [1.807, 2.05) is 20.8 Å². The Balaban J connectivity index is 1.83. The van der Waals surface area contributed by atoms with Crippen molar-refractivity contribution in [1.82, 2.24) is 14.3 Å². The van der Waals surface area contributed by atoms with Gasteiger partial charge in [-0.15, -0.1) is 0 Å². The van der Waals surface area contributed by atoms with Crippen LogP contribution in [0.2, 0.25) is 0 Å². The summed E-state index contributed by atoms with van der Waals surface area (Å²) in [5, 5.41) is 14.0. The quantitative estimate of drug-likeness (QED) is 0.423. The average Bonchev–Trinajstić information content (AvgIpc) is 3.28. The molecule has 0 aliphatic rings. The van der Waals surface area contributed by atoms with Gasteiger partial charge in [0.05, 0.1) is 23.7 Å². The van der Waals surface area contributed by atoms with E-state index in [2.05, 4.69) is 9.69 Å². The Labute approximate surface area is 186 Å². The maximum absolute atomic E-state index is 13.0. The molecule has 1 atom stereocenters. The van der Waals surface area contributed by atoms with Gasteiger partial charge in [-0.25, -0.2) is 0 Å². The highest BCUT2D eigenvalue weighted by Gasteiger charge is 2.30. The molecule has 2 aromatic carbocycles. The largest absolute Gasteiger partial charge is 0.416 e. The molecule has 0 unspecified atom stereocenters. The molecule has 2 heterocycles. The number of rotatable bonds is 5. The topological polar surface area (TPSA) is 67.2 Å². The average molecular weight is 462 g/mol. The second kappa shape index (κ2) is 8.22. The summed E-state index contributed by atoms with van der Waals surface area (Å²) in [5.74, 6) is -0.223. The highest BCUT2D eigenvalue weighted by atomic mass is 32.1. The predicted octanol–water partition coefficient (Wildman–Crippen LogP) is 5.31. The molecule has 9 heteroatoms. The van der Waals surface area contributed by atoms with Crippen molar-refractivity contribution in [3.05, 3.63) is 58.5 Å². The van der Waals surface area contributed by atoms with Gasteiger partial charge in [-0.1, -0.05) is 13.8 Å². The summed E-state index contributed by atoms with van der Waals surface area (Å²) in [5.41, 5.74) is 1.66. The van der Waals surface area contributed by atoms with E-state index in [0.29, 0.717) is 16.9 Å². The molecule has 2 aromatic heterocycles. The SMILES string of the molecule is Cc1snc2c1c1cc(C(=O)N[C@H](CO)C(C)C)ccc1n2-c1ccc(C(F)(F)F)cc1. The molecule has 0 saturated heterocycles. The number of amides is 1. The number of aromatic nitrogens is 2. The Morgan fingerprint density at radius 3 is 2.47 bits per heavy atom. The summed E-state index contributed by atoms with van der Waals surface area (Å²) >= 11 is 1.30. The van der Waals surface area contributed by atoms with E-state index in [-0.39, 0.29) is 24.5 Å². The monoisotopic (exact) mass is 461 g/mol. The number of aliphatic hydroxyl groups excluding tert-OH is 1. The Bertz CT molecular complexity index is 1290. The van der Waals surface area contributed by atoms with Gasteiger partial charge < -0.3 is 10.4 Å². The molecule has 0 saturated carbocycles. The lowest BCUT2D eigenvalue weighted by Gasteiger charge is -2.20. The van der Waals surface area contributed by atoms with E-state index in [4.69, 9.17) is 0 Å². The molecule has 0 aliphatic heterocycles. The first-order valence-electron chi connectivity index (χ1n) is 10.1. The summed E-state index contributed by atoms with van der Waals surface area (Å²) in [6.45, 7) is 5.59. The molecule has 0 radical (unpaired) electrons. The van der Waals surface area contributed by atoms with Gasteiger partial charge in [-0.05, 0) is 66.8 Å². The van der Waals surface area contributed by atoms with Gasteiger partial charge in [0, 0.05) is 26.9 Å². The van der Waals surface area contributed by atoms with Crippen LogP contribution in [0, 0.1) is 12.8 Å². The lowest BCUT2D eigenvalue weighted by molar-refractivity contribution is -0.137. The summed E-state index contributed by atoms with van der Waals surface area (Å²) in [7, 11) is 0. The van der Waals surface area contributed by atoms with Crippen molar-refractivity contribution in [1.29, 1.82) is 0 Å². The van der Waals surface area contributed by atoms with Crippen LogP contribution in [-0.4, -0.2) is 32.6 Å². The maximum Gasteiger partial charge on any atom is 0.416 e. The van der Waals surface area contributed by atoms with Gasteiger partial charge in [0.2, 0.25) is 0 Å². The third kappa shape index (κ3) is 3.86. The number of alkyl halides is 3. The minimum Gasteiger partial charge on any atom is -0.394 e. The lowest BCUT2D eigenvalue weighted by Crippen LogP contribution is -2.41. The Morgan fingerprint density at radius 2 is 1.88 bits per heavy atom. The van der Waals surface area contributed by atoms with Crippen LogP contribution in [0.5, 0.6) is 0 Å². The molecule has 1 amide bonds. The van der Waals surface area contributed by atoms with Gasteiger partial charge in [0.1, 0.15) is 0 Å². The molecule has 0 bridgehead atoms. The van der Waals surface area contributed by atoms with E-state index in [9.17, 15) is 23.1 Å². The number of fused-ring (bicyclic) bond motifs is 3. The summed E-state index contributed by atoms with van der Waals surface area (Å²) in [6, 6.07) is 9.80. The third-order valence-electron chi connectivity index (χ3n) is 5.60. The van der Waals surface area contributed by atoms with Crippen molar-refractivity contribution in [2.24, 2.45) is 5.92 Å². The summed E-state index contributed by atoms with van der Waals surface area (Å²) < 4.78 is 45.3. The second-order valence-electron chi connectivity index (χ2n) is 8.06. The molecular formula is C23H22F3N3O2S. The van der Waals surface area contributed by atoms with Gasteiger partial charge in [-0.2, -0.15) is 17.5 Å².